The van der Waals surface area contributed by atoms with E-state index in [0.29, 0.717) is 22.9 Å². The van der Waals surface area contributed by atoms with Gasteiger partial charge in [0, 0.05) is 10.6 Å². The first-order valence-corrected chi connectivity index (χ1v) is 6.97. The van der Waals surface area contributed by atoms with E-state index in [9.17, 15) is 8.78 Å². The van der Waals surface area contributed by atoms with Crippen LogP contribution in [0.15, 0.2) is 36.4 Å². The van der Waals surface area contributed by atoms with Gasteiger partial charge in [-0.3, -0.25) is 0 Å². The lowest BCUT2D eigenvalue weighted by Crippen LogP contribution is -2.24. The standard InChI is InChI=1S/C16H16ClF2NO/c1-3-20-16(11-8-7-10(17)9-13(11)19)15-12(18)5-4-6-14(15)21-2/h4-9,16,20H,3H2,1-2H3. The summed E-state index contributed by atoms with van der Waals surface area (Å²) in [5, 5.41) is 3.39. The average molecular weight is 312 g/mol. The fourth-order valence-electron chi connectivity index (χ4n) is 2.28. The van der Waals surface area contributed by atoms with Crippen molar-refractivity contribution in [3.63, 3.8) is 0 Å². The van der Waals surface area contributed by atoms with Crippen molar-refractivity contribution in [2.75, 3.05) is 13.7 Å². The van der Waals surface area contributed by atoms with Crippen LogP contribution in [0, 0.1) is 11.6 Å². The molecule has 1 atom stereocenters. The Bertz CT molecular complexity index is 634. The summed E-state index contributed by atoms with van der Waals surface area (Å²) in [6.45, 7) is 2.42. The molecule has 2 rings (SSSR count). The van der Waals surface area contributed by atoms with E-state index in [1.165, 1.54) is 19.2 Å². The van der Waals surface area contributed by atoms with Gasteiger partial charge >= 0.3 is 0 Å². The monoisotopic (exact) mass is 311 g/mol. The molecule has 0 bridgehead atoms. The lowest BCUT2D eigenvalue weighted by molar-refractivity contribution is 0.396. The highest BCUT2D eigenvalue weighted by Crippen LogP contribution is 2.34. The van der Waals surface area contributed by atoms with Gasteiger partial charge in [0.1, 0.15) is 17.4 Å². The Labute approximate surface area is 127 Å². The third kappa shape index (κ3) is 3.34. The maximum absolute atomic E-state index is 14.2. The fourth-order valence-corrected chi connectivity index (χ4v) is 2.44. The van der Waals surface area contributed by atoms with Crippen molar-refractivity contribution in [2.45, 2.75) is 13.0 Å². The van der Waals surface area contributed by atoms with Crippen LogP contribution in [-0.2, 0) is 0 Å². The summed E-state index contributed by atoms with van der Waals surface area (Å²) in [4.78, 5) is 0. The Morgan fingerprint density at radius 3 is 2.57 bits per heavy atom. The highest BCUT2D eigenvalue weighted by Gasteiger charge is 2.24. The molecule has 0 saturated heterocycles. The third-order valence-corrected chi connectivity index (χ3v) is 3.44. The number of hydrogen-bond acceptors (Lipinski definition) is 2. The quantitative estimate of drug-likeness (QED) is 0.887. The summed E-state index contributed by atoms with van der Waals surface area (Å²) in [5.74, 6) is -0.566. The zero-order valence-corrected chi connectivity index (χ0v) is 12.5. The minimum atomic E-state index is -0.650. The second-order valence-corrected chi connectivity index (χ2v) is 4.95. The molecule has 2 aromatic carbocycles. The topological polar surface area (TPSA) is 21.3 Å². The molecule has 0 saturated carbocycles. The van der Waals surface area contributed by atoms with Crippen LogP contribution in [0.4, 0.5) is 8.78 Å². The van der Waals surface area contributed by atoms with Crippen molar-refractivity contribution in [3.8, 4) is 5.75 Å². The van der Waals surface area contributed by atoms with Gasteiger partial charge in [-0.2, -0.15) is 0 Å². The summed E-state index contributed by atoms with van der Waals surface area (Å²) in [7, 11) is 1.46. The molecule has 5 heteroatoms. The molecule has 1 unspecified atom stereocenters. The second kappa shape index (κ2) is 6.87. The Kier molecular flexibility index (Phi) is 5.15. The molecule has 0 heterocycles. The van der Waals surface area contributed by atoms with Crippen LogP contribution in [0.5, 0.6) is 5.75 Å². The molecule has 1 N–H and O–H groups in total. The number of halogens is 3. The predicted octanol–water partition coefficient (Wildman–Crippen LogP) is 4.33. The minimum absolute atomic E-state index is 0.281. The first-order valence-electron chi connectivity index (χ1n) is 6.59. The summed E-state index contributed by atoms with van der Waals surface area (Å²) in [6, 6.07) is 8.23. The van der Waals surface area contributed by atoms with Gasteiger partial charge in [0.25, 0.3) is 0 Å². The normalized spacial score (nSPS) is 12.2. The van der Waals surface area contributed by atoms with E-state index >= 15 is 0 Å². The first kappa shape index (κ1) is 15.7. The number of rotatable bonds is 5. The van der Waals surface area contributed by atoms with Crippen molar-refractivity contribution in [2.24, 2.45) is 0 Å². The van der Waals surface area contributed by atoms with Crippen molar-refractivity contribution < 1.29 is 13.5 Å². The Morgan fingerprint density at radius 2 is 1.95 bits per heavy atom. The van der Waals surface area contributed by atoms with E-state index in [1.54, 1.807) is 24.3 Å². The molecule has 0 aliphatic heterocycles. The molecular formula is C16H16ClF2NO. The zero-order valence-electron chi connectivity index (χ0n) is 11.8. The molecule has 21 heavy (non-hydrogen) atoms. The Morgan fingerprint density at radius 1 is 1.19 bits per heavy atom. The Balaban J connectivity index is 2.58. The van der Waals surface area contributed by atoms with E-state index in [1.807, 2.05) is 6.92 Å². The van der Waals surface area contributed by atoms with Crippen molar-refractivity contribution in [1.82, 2.24) is 5.32 Å². The van der Waals surface area contributed by atoms with E-state index in [2.05, 4.69) is 5.32 Å². The van der Waals surface area contributed by atoms with Gasteiger partial charge < -0.3 is 10.1 Å². The summed E-state index contributed by atoms with van der Waals surface area (Å²) >= 11 is 5.78. The molecule has 0 aliphatic carbocycles. The summed E-state index contributed by atoms with van der Waals surface area (Å²) in [5.41, 5.74) is 0.604. The van der Waals surface area contributed by atoms with Crippen LogP contribution in [0.1, 0.15) is 24.1 Å². The van der Waals surface area contributed by atoms with Gasteiger partial charge in [-0.05, 0) is 30.8 Å². The molecule has 0 aromatic heterocycles. The molecule has 0 spiro atoms. The molecule has 0 fully saturated rings. The van der Waals surface area contributed by atoms with Gasteiger partial charge in [0.2, 0.25) is 0 Å². The van der Waals surface area contributed by atoms with E-state index in [-0.39, 0.29) is 5.56 Å². The Hall–Kier alpha value is -1.65. The van der Waals surface area contributed by atoms with Gasteiger partial charge in [-0.15, -0.1) is 0 Å². The highest BCUT2D eigenvalue weighted by atomic mass is 35.5. The van der Waals surface area contributed by atoms with Crippen molar-refractivity contribution in [1.29, 1.82) is 0 Å². The molecular weight excluding hydrogens is 296 g/mol. The zero-order chi connectivity index (χ0) is 15.4. The first-order chi connectivity index (χ1) is 10.1. The molecule has 112 valence electrons. The average Bonchev–Trinajstić information content (AvgIpc) is 2.45. The highest BCUT2D eigenvalue weighted by molar-refractivity contribution is 6.30. The van der Waals surface area contributed by atoms with Crippen LogP contribution < -0.4 is 10.1 Å². The third-order valence-electron chi connectivity index (χ3n) is 3.20. The predicted molar refractivity (Wildman–Crippen MR) is 79.9 cm³/mol. The van der Waals surface area contributed by atoms with Crippen LogP contribution in [0.2, 0.25) is 5.02 Å². The molecule has 0 radical (unpaired) electrons. The molecule has 2 aromatic rings. The molecule has 2 nitrogen and oxygen atoms in total. The maximum atomic E-state index is 14.2. The van der Waals surface area contributed by atoms with E-state index < -0.39 is 17.7 Å². The fraction of sp³-hybridized carbons (Fsp3) is 0.250. The minimum Gasteiger partial charge on any atom is -0.496 e. The van der Waals surface area contributed by atoms with Gasteiger partial charge in [0.05, 0.1) is 18.7 Å². The van der Waals surface area contributed by atoms with Crippen LogP contribution >= 0.6 is 11.6 Å². The number of ether oxygens (including phenoxy) is 1. The van der Waals surface area contributed by atoms with E-state index in [0.717, 1.165) is 0 Å². The number of nitrogens with one attached hydrogen (secondary N) is 1. The SMILES string of the molecule is CCNC(c1ccc(Cl)cc1F)c1c(F)cccc1OC. The maximum Gasteiger partial charge on any atom is 0.132 e. The van der Waals surface area contributed by atoms with Gasteiger partial charge in [-0.25, -0.2) is 8.78 Å². The van der Waals surface area contributed by atoms with E-state index in [4.69, 9.17) is 16.3 Å². The lowest BCUT2D eigenvalue weighted by atomic mass is 9.96. The van der Waals surface area contributed by atoms with Crippen molar-refractivity contribution in [3.05, 3.63) is 64.2 Å². The van der Waals surface area contributed by atoms with Crippen LogP contribution in [-0.4, -0.2) is 13.7 Å². The number of hydrogen-bond donors (Lipinski definition) is 1. The van der Waals surface area contributed by atoms with Gasteiger partial charge in [-0.1, -0.05) is 30.7 Å². The summed E-state index contributed by atoms with van der Waals surface area (Å²) < 4.78 is 33.6. The number of benzene rings is 2. The summed E-state index contributed by atoms with van der Waals surface area (Å²) in [6.07, 6.45) is 0. The second-order valence-electron chi connectivity index (χ2n) is 4.51. The smallest absolute Gasteiger partial charge is 0.132 e. The van der Waals surface area contributed by atoms with Crippen molar-refractivity contribution >= 4 is 11.6 Å². The molecule has 0 amide bonds. The lowest BCUT2D eigenvalue weighted by Gasteiger charge is -2.22. The number of methoxy groups -OCH3 is 1. The van der Waals surface area contributed by atoms with Gasteiger partial charge in [0.15, 0.2) is 0 Å². The van der Waals surface area contributed by atoms with Crippen LogP contribution in [0.25, 0.3) is 0 Å². The van der Waals surface area contributed by atoms with Crippen LogP contribution in [0.3, 0.4) is 0 Å². The molecule has 0 aliphatic rings. The largest absolute Gasteiger partial charge is 0.496 e.